The number of esters is 1. The van der Waals surface area contributed by atoms with E-state index in [1.807, 2.05) is 48.5 Å². The molecule has 0 saturated heterocycles. The Kier molecular flexibility index (Phi) is 5.88. The SMILES string of the molecule is CCc1ccc(N2C(=O)CC(c3ccc(OCc4ccc(F)cc4)cc3)C3=C2COC3=O)cc1. The van der Waals surface area contributed by atoms with E-state index < -0.39 is 0 Å². The number of aryl methyl sites for hydroxylation is 1. The Labute approximate surface area is 197 Å². The average molecular weight is 458 g/mol. The monoisotopic (exact) mass is 457 g/mol. The number of carbonyl (C=O) groups is 2. The van der Waals surface area contributed by atoms with E-state index in [0.29, 0.717) is 23.6 Å². The quantitative estimate of drug-likeness (QED) is 0.472. The maximum atomic E-state index is 13.2. The summed E-state index contributed by atoms with van der Waals surface area (Å²) >= 11 is 0. The van der Waals surface area contributed by atoms with Crippen molar-refractivity contribution < 1.29 is 23.5 Å². The van der Waals surface area contributed by atoms with Crippen molar-refractivity contribution in [1.29, 1.82) is 0 Å². The zero-order chi connectivity index (χ0) is 23.7. The van der Waals surface area contributed by atoms with Gasteiger partial charge >= 0.3 is 5.97 Å². The number of halogens is 1. The highest BCUT2D eigenvalue weighted by atomic mass is 19.1. The van der Waals surface area contributed by atoms with E-state index in [1.165, 1.54) is 17.7 Å². The van der Waals surface area contributed by atoms with Gasteiger partial charge in [0.25, 0.3) is 0 Å². The molecule has 172 valence electrons. The summed E-state index contributed by atoms with van der Waals surface area (Å²) in [5.41, 5.74) is 4.80. The van der Waals surface area contributed by atoms with Gasteiger partial charge in [-0.1, -0.05) is 43.3 Å². The molecular weight excluding hydrogens is 433 g/mol. The first kappa shape index (κ1) is 21.9. The Balaban J connectivity index is 1.38. The molecule has 1 unspecified atom stereocenters. The van der Waals surface area contributed by atoms with E-state index in [-0.39, 0.29) is 36.6 Å². The molecule has 0 aromatic heterocycles. The van der Waals surface area contributed by atoms with Crippen molar-refractivity contribution in [3.8, 4) is 5.75 Å². The van der Waals surface area contributed by atoms with Gasteiger partial charge in [0.2, 0.25) is 5.91 Å². The molecule has 0 fully saturated rings. The molecular formula is C28H24FNO4. The number of hydrogen-bond donors (Lipinski definition) is 0. The predicted octanol–water partition coefficient (Wildman–Crippen LogP) is 5.30. The number of nitrogens with zero attached hydrogens (tertiary/aromatic N) is 1. The van der Waals surface area contributed by atoms with Gasteiger partial charge in [0.05, 0.1) is 11.3 Å². The zero-order valence-electron chi connectivity index (χ0n) is 18.8. The maximum absolute atomic E-state index is 13.2. The highest BCUT2D eigenvalue weighted by Gasteiger charge is 2.42. The molecule has 0 saturated carbocycles. The number of anilines is 1. The maximum Gasteiger partial charge on any atom is 0.336 e. The van der Waals surface area contributed by atoms with Crippen molar-refractivity contribution >= 4 is 17.6 Å². The number of rotatable bonds is 6. The minimum Gasteiger partial charge on any atom is -0.489 e. The van der Waals surface area contributed by atoms with Gasteiger partial charge < -0.3 is 9.47 Å². The first-order valence-electron chi connectivity index (χ1n) is 11.3. The summed E-state index contributed by atoms with van der Waals surface area (Å²) in [4.78, 5) is 27.5. The van der Waals surface area contributed by atoms with Crippen LogP contribution in [0.4, 0.5) is 10.1 Å². The lowest BCUT2D eigenvalue weighted by Gasteiger charge is -2.32. The zero-order valence-corrected chi connectivity index (χ0v) is 18.8. The van der Waals surface area contributed by atoms with Crippen LogP contribution < -0.4 is 9.64 Å². The fourth-order valence-electron chi connectivity index (χ4n) is 4.46. The highest BCUT2D eigenvalue weighted by Crippen LogP contribution is 2.42. The number of carbonyl (C=O) groups excluding carboxylic acids is 2. The number of amides is 1. The summed E-state index contributed by atoms with van der Waals surface area (Å²) in [7, 11) is 0. The normalized spacial score (nSPS) is 17.6. The van der Waals surface area contributed by atoms with Crippen molar-refractivity contribution in [2.45, 2.75) is 32.3 Å². The summed E-state index contributed by atoms with van der Waals surface area (Å²) in [6.45, 7) is 2.48. The molecule has 5 rings (SSSR count). The lowest BCUT2D eigenvalue weighted by atomic mass is 9.84. The third kappa shape index (κ3) is 4.19. The van der Waals surface area contributed by atoms with Crippen molar-refractivity contribution in [1.82, 2.24) is 0 Å². The largest absolute Gasteiger partial charge is 0.489 e. The smallest absolute Gasteiger partial charge is 0.336 e. The van der Waals surface area contributed by atoms with Crippen LogP contribution in [-0.2, 0) is 27.4 Å². The Morgan fingerprint density at radius 2 is 1.62 bits per heavy atom. The van der Waals surface area contributed by atoms with E-state index >= 15 is 0 Å². The number of cyclic esters (lactones) is 1. The van der Waals surface area contributed by atoms with Gasteiger partial charge in [-0.25, -0.2) is 9.18 Å². The minimum atomic E-state index is -0.376. The van der Waals surface area contributed by atoms with Crippen LogP contribution in [0.3, 0.4) is 0 Å². The van der Waals surface area contributed by atoms with E-state index in [2.05, 4.69) is 6.92 Å². The first-order chi connectivity index (χ1) is 16.5. The van der Waals surface area contributed by atoms with Crippen molar-refractivity contribution in [2.24, 2.45) is 0 Å². The summed E-state index contributed by atoms with van der Waals surface area (Å²) in [6.07, 6.45) is 1.09. The summed E-state index contributed by atoms with van der Waals surface area (Å²) in [5.74, 6) is -0.445. The molecule has 0 aliphatic carbocycles. The Morgan fingerprint density at radius 1 is 0.941 bits per heavy atom. The van der Waals surface area contributed by atoms with Crippen LogP contribution >= 0.6 is 0 Å². The standard InChI is InChI=1S/C28H24FNO4/c1-2-18-5-11-22(12-6-18)30-25-17-34-28(32)27(25)24(15-26(30)31)20-7-13-23(14-8-20)33-16-19-3-9-21(29)10-4-19/h3-14,24H,2,15-17H2,1H3. The number of hydrogen-bond acceptors (Lipinski definition) is 4. The lowest BCUT2D eigenvalue weighted by molar-refractivity contribution is -0.136. The van der Waals surface area contributed by atoms with Gasteiger partial charge in [-0.3, -0.25) is 9.69 Å². The molecule has 5 nitrogen and oxygen atoms in total. The first-order valence-corrected chi connectivity index (χ1v) is 11.3. The minimum absolute atomic E-state index is 0.0667. The van der Waals surface area contributed by atoms with Crippen molar-refractivity contribution in [3.63, 3.8) is 0 Å². The van der Waals surface area contributed by atoms with Gasteiger partial charge in [0.15, 0.2) is 0 Å². The van der Waals surface area contributed by atoms with E-state index in [1.54, 1.807) is 17.0 Å². The fraction of sp³-hybridized carbons (Fsp3) is 0.214. The molecule has 2 heterocycles. The second-order valence-electron chi connectivity index (χ2n) is 8.43. The average Bonchev–Trinajstić information content (AvgIpc) is 3.25. The lowest BCUT2D eigenvalue weighted by Crippen LogP contribution is -2.37. The van der Waals surface area contributed by atoms with Crippen molar-refractivity contribution in [2.75, 3.05) is 11.5 Å². The topological polar surface area (TPSA) is 55.8 Å². The summed E-state index contributed by atoms with van der Waals surface area (Å²) < 4.78 is 24.2. The molecule has 34 heavy (non-hydrogen) atoms. The Morgan fingerprint density at radius 3 is 2.29 bits per heavy atom. The Bertz CT molecular complexity index is 1250. The molecule has 1 atom stereocenters. The van der Waals surface area contributed by atoms with Crippen molar-refractivity contribution in [3.05, 3.63) is 107 Å². The van der Waals surface area contributed by atoms with Crippen LogP contribution in [0.25, 0.3) is 0 Å². The Hall–Kier alpha value is -3.93. The molecule has 3 aromatic carbocycles. The molecule has 6 heteroatoms. The third-order valence-electron chi connectivity index (χ3n) is 6.32. The van der Waals surface area contributed by atoms with Crippen LogP contribution in [-0.4, -0.2) is 18.5 Å². The molecule has 0 spiro atoms. The molecule has 0 bridgehead atoms. The fourth-order valence-corrected chi connectivity index (χ4v) is 4.46. The molecule has 0 radical (unpaired) electrons. The molecule has 2 aliphatic heterocycles. The number of ether oxygens (including phenoxy) is 2. The molecule has 2 aliphatic rings. The molecule has 1 amide bonds. The molecule has 3 aromatic rings. The van der Waals surface area contributed by atoms with Gasteiger partial charge in [-0.15, -0.1) is 0 Å². The summed E-state index contributed by atoms with van der Waals surface area (Å²) in [6, 6.07) is 21.4. The van der Waals surface area contributed by atoms with Gasteiger partial charge in [0.1, 0.15) is 24.8 Å². The predicted molar refractivity (Wildman–Crippen MR) is 126 cm³/mol. The van der Waals surface area contributed by atoms with E-state index in [9.17, 15) is 14.0 Å². The summed E-state index contributed by atoms with van der Waals surface area (Å²) in [5, 5.41) is 0. The highest BCUT2D eigenvalue weighted by molar-refractivity contribution is 6.06. The van der Waals surface area contributed by atoms with Gasteiger partial charge in [0, 0.05) is 18.0 Å². The number of benzene rings is 3. The van der Waals surface area contributed by atoms with E-state index in [0.717, 1.165) is 23.2 Å². The third-order valence-corrected chi connectivity index (χ3v) is 6.32. The van der Waals surface area contributed by atoms with Crippen LogP contribution in [0.1, 0.15) is 36.0 Å². The molecule has 0 N–H and O–H groups in total. The van der Waals surface area contributed by atoms with Crippen LogP contribution in [0, 0.1) is 5.82 Å². The van der Waals surface area contributed by atoms with Crippen LogP contribution in [0.5, 0.6) is 5.75 Å². The second kappa shape index (κ2) is 9.14. The van der Waals surface area contributed by atoms with E-state index in [4.69, 9.17) is 9.47 Å². The van der Waals surface area contributed by atoms with Crippen LogP contribution in [0.2, 0.25) is 0 Å². The van der Waals surface area contributed by atoms with Crippen LogP contribution in [0.15, 0.2) is 84.1 Å². The van der Waals surface area contributed by atoms with Gasteiger partial charge in [-0.05, 0) is 59.5 Å². The van der Waals surface area contributed by atoms with Gasteiger partial charge in [-0.2, -0.15) is 0 Å². The second-order valence-corrected chi connectivity index (χ2v) is 8.43.